The van der Waals surface area contributed by atoms with Crippen LogP contribution < -0.4 is 10.6 Å². The molecule has 174 valence electrons. The van der Waals surface area contributed by atoms with Crippen LogP contribution in [0, 0.1) is 11.7 Å². The fourth-order valence-corrected chi connectivity index (χ4v) is 3.56. The van der Waals surface area contributed by atoms with Crippen molar-refractivity contribution >= 4 is 23.2 Å². The molecule has 1 aliphatic carbocycles. The van der Waals surface area contributed by atoms with E-state index in [1.165, 1.54) is 0 Å². The van der Waals surface area contributed by atoms with Crippen molar-refractivity contribution < 1.29 is 22.4 Å². The lowest BCUT2D eigenvalue weighted by Crippen LogP contribution is -2.14. The van der Waals surface area contributed by atoms with Gasteiger partial charge in [0.2, 0.25) is 11.9 Å². The summed E-state index contributed by atoms with van der Waals surface area (Å²) >= 11 is 0. The Kier molecular flexibility index (Phi) is 5.43. The molecule has 1 amide bonds. The third-order valence-corrected chi connectivity index (χ3v) is 5.57. The van der Waals surface area contributed by atoms with Crippen molar-refractivity contribution in [2.75, 3.05) is 10.6 Å². The first-order chi connectivity index (χ1) is 16.3. The predicted octanol–water partition coefficient (Wildman–Crippen LogP) is 5.51. The van der Waals surface area contributed by atoms with E-state index in [0.29, 0.717) is 11.7 Å². The molecule has 5 rings (SSSR count). The van der Waals surface area contributed by atoms with Crippen LogP contribution in [0.25, 0.3) is 16.9 Å². The van der Waals surface area contributed by atoms with Crippen molar-refractivity contribution in [2.45, 2.75) is 25.6 Å². The van der Waals surface area contributed by atoms with E-state index in [1.54, 1.807) is 22.7 Å². The highest BCUT2D eigenvalue weighted by Gasteiger charge is 2.31. The van der Waals surface area contributed by atoms with Crippen LogP contribution in [-0.2, 0) is 17.5 Å². The molecule has 0 aliphatic heterocycles. The molecule has 2 aromatic carbocycles. The number of fused-ring (bicyclic) bond motifs is 1. The Bertz CT molecular complexity index is 1360. The lowest BCUT2D eigenvalue weighted by molar-refractivity contribution is -0.137. The third kappa shape index (κ3) is 4.57. The molecule has 0 atom stereocenters. The van der Waals surface area contributed by atoms with Gasteiger partial charge in [-0.05, 0) is 48.7 Å². The Labute approximate surface area is 191 Å². The normalized spacial score (nSPS) is 13.8. The molecule has 10 heteroatoms. The number of alkyl halides is 3. The van der Waals surface area contributed by atoms with Gasteiger partial charge in [0.05, 0.1) is 16.9 Å². The Morgan fingerprint density at radius 1 is 1.06 bits per heavy atom. The van der Waals surface area contributed by atoms with E-state index >= 15 is 0 Å². The second kappa shape index (κ2) is 8.44. The van der Waals surface area contributed by atoms with Crippen LogP contribution in [0.1, 0.15) is 24.0 Å². The van der Waals surface area contributed by atoms with Gasteiger partial charge in [-0.15, -0.1) is 5.10 Å². The van der Waals surface area contributed by atoms with Gasteiger partial charge >= 0.3 is 6.18 Å². The summed E-state index contributed by atoms with van der Waals surface area (Å²) in [6.45, 7) is 0.142. The number of pyridine rings is 1. The SMILES string of the molecule is O=C(Nc1nc2cccc(-c3ccc(CNc4cc(C(F)(F)F)ccc4F)cc3)n2n1)C1CC1. The highest BCUT2D eigenvalue weighted by Crippen LogP contribution is 2.32. The van der Waals surface area contributed by atoms with E-state index in [2.05, 4.69) is 20.7 Å². The van der Waals surface area contributed by atoms with Gasteiger partial charge in [0.15, 0.2) is 5.65 Å². The summed E-state index contributed by atoms with van der Waals surface area (Å²) in [7, 11) is 0. The second-order valence-corrected chi connectivity index (χ2v) is 8.12. The van der Waals surface area contributed by atoms with Gasteiger partial charge in [-0.1, -0.05) is 30.3 Å². The van der Waals surface area contributed by atoms with Crippen LogP contribution in [0.3, 0.4) is 0 Å². The third-order valence-electron chi connectivity index (χ3n) is 5.57. The molecule has 0 spiro atoms. The molecule has 0 radical (unpaired) electrons. The zero-order chi connectivity index (χ0) is 23.9. The van der Waals surface area contributed by atoms with Crippen LogP contribution in [-0.4, -0.2) is 20.5 Å². The molecule has 6 nitrogen and oxygen atoms in total. The number of rotatable bonds is 6. The topological polar surface area (TPSA) is 71.3 Å². The Hall–Kier alpha value is -3.95. The standard InChI is InChI=1S/C24H19F4N5O/c25-18-11-10-17(24(26,27)28)12-19(18)29-13-14-4-6-15(7-5-14)20-2-1-3-21-30-23(32-33(20)21)31-22(34)16-8-9-16/h1-7,10-12,16,29H,8-9,13H2,(H,31,32,34). The molecule has 0 saturated heterocycles. The van der Waals surface area contributed by atoms with E-state index in [0.717, 1.165) is 41.8 Å². The first kappa shape index (κ1) is 21.9. The monoisotopic (exact) mass is 469 g/mol. The number of halogens is 4. The maximum absolute atomic E-state index is 14.0. The molecule has 0 unspecified atom stereocenters. The molecule has 34 heavy (non-hydrogen) atoms. The van der Waals surface area contributed by atoms with Gasteiger partial charge in [0, 0.05) is 18.0 Å². The zero-order valence-corrected chi connectivity index (χ0v) is 17.7. The van der Waals surface area contributed by atoms with Gasteiger partial charge in [-0.2, -0.15) is 18.2 Å². The largest absolute Gasteiger partial charge is 0.416 e. The van der Waals surface area contributed by atoms with Gasteiger partial charge in [0.1, 0.15) is 5.82 Å². The van der Waals surface area contributed by atoms with Gasteiger partial charge < -0.3 is 5.32 Å². The number of benzene rings is 2. The summed E-state index contributed by atoms with van der Waals surface area (Å²) in [5.41, 5.74) is 1.77. The Balaban J connectivity index is 1.32. The Morgan fingerprint density at radius 3 is 2.53 bits per heavy atom. The van der Waals surface area contributed by atoms with Crippen LogP contribution in [0.2, 0.25) is 0 Å². The van der Waals surface area contributed by atoms with Crippen LogP contribution in [0.5, 0.6) is 0 Å². The molecule has 1 fully saturated rings. The first-order valence-electron chi connectivity index (χ1n) is 10.6. The molecule has 2 heterocycles. The molecular formula is C24H19F4N5O. The average molecular weight is 469 g/mol. The van der Waals surface area contributed by atoms with Crippen molar-refractivity contribution in [1.82, 2.24) is 14.6 Å². The van der Waals surface area contributed by atoms with E-state index in [1.807, 2.05) is 24.3 Å². The van der Waals surface area contributed by atoms with E-state index < -0.39 is 17.6 Å². The fraction of sp³-hybridized carbons (Fsp3) is 0.208. The molecule has 4 aromatic rings. The maximum Gasteiger partial charge on any atom is 0.416 e. The van der Waals surface area contributed by atoms with Crippen molar-refractivity contribution in [3.63, 3.8) is 0 Å². The lowest BCUT2D eigenvalue weighted by atomic mass is 10.1. The average Bonchev–Trinajstić information content (AvgIpc) is 3.58. The highest BCUT2D eigenvalue weighted by atomic mass is 19.4. The number of nitrogens with one attached hydrogen (secondary N) is 2. The van der Waals surface area contributed by atoms with Crippen LogP contribution >= 0.6 is 0 Å². The second-order valence-electron chi connectivity index (χ2n) is 8.12. The van der Waals surface area contributed by atoms with Gasteiger partial charge in [-0.3, -0.25) is 10.1 Å². The fourth-order valence-electron chi connectivity index (χ4n) is 3.56. The van der Waals surface area contributed by atoms with Crippen molar-refractivity contribution in [3.05, 3.63) is 77.6 Å². The minimum absolute atomic E-state index is 0.0386. The van der Waals surface area contributed by atoms with Crippen LogP contribution in [0.4, 0.5) is 29.2 Å². The summed E-state index contributed by atoms with van der Waals surface area (Å²) in [6.07, 6.45) is -2.78. The molecular weight excluding hydrogens is 450 g/mol. The summed E-state index contributed by atoms with van der Waals surface area (Å²) in [6, 6.07) is 15.0. The van der Waals surface area contributed by atoms with Crippen molar-refractivity contribution in [1.29, 1.82) is 0 Å². The summed E-state index contributed by atoms with van der Waals surface area (Å²) in [4.78, 5) is 16.4. The smallest absolute Gasteiger partial charge is 0.379 e. The number of amides is 1. The molecule has 1 aliphatic rings. The van der Waals surface area contributed by atoms with Gasteiger partial charge in [-0.25, -0.2) is 8.91 Å². The quantitative estimate of drug-likeness (QED) is 0.365. The predicted molar refractivity (Wildman–Crippen MR) is 119 cm³/mol. The van der Waals surface area contributed by atoms with Crippen LogP contribution in [0.15, 0.2) is 60.7 Å². The number of carbonyl (C=O) groups excluding carboxylic acids is 1. The summed E-state index contributed by atoms with van der Waals surface area (Å²) in [5, 5.41) is 9.87. The number of anilines is 2. The minimum Gasteiger partial charge on any atom is -0.379 e. The van der Waals surface area contributed by atoms with Gasteiger partial charge in [0.25, 0.3) is 0 Å². The first-order valence-corrected chi connectivity index (χ1v) is 10.6. The molecule has 1 saturated carbocycles. The number of hydrogen-bond donors (Lipinski definition) is 2. The highest BCUT2D eigenvalue weighted by molar-refractivity contribution is 5.92. The van der Waals surface area contributed by atoms with E-state index in [4.69, 9.17) is 0 Å². The number of aromatic nitrogens is 3. The van der Waals surface area contributed by atoms with E-state index in [-0.39, 0.29) is 30.0 Å². The van der Waals surface area contributed by atoms with E-state index in [9.17, 15) is 22.4 Å². The number of nitrogens with zero attached hydrogens (tertiary/aromatic N) is 3. The van der Waals surface area contributed by atoms with Crippen molar-refractivity contribution in [3.8, 4) is 11.3 Å². The Morgan fingerprint density at radius 2 is 1.82 bits per heavy atom. The zero-order valence-electron chi connectivity index (χ0n) is 17.7. The molecule has 2 aromatic heterocycles. The number of hydrogen-bond acceptors (Lipinski definition) is 4. The lowest BCUT2D eigenvalue weighted by Gasteiger charge is -2.12. The minimum atomic E-state index is -4.55. The maximum atomic E-state index is 14.0. The number of carbonyl (C=O) groups is 1. The summed E-state index contributed by atoms with van der Waals surface area (Å²) < 4.78 is 54.3. The molecule has 0 bridgehead atoms. The van der Waals surface area contributed by atoms with Crippen molar-refractivity contribution in [2.24, 2.45) is 5.92 Å². The summed E-state index contributed by atoms with van der Waals surface area (Å²) in [5.74, 6) is -0.552. The molecule has 2 N–H and O–H groups in total.